The van der Waals surface area contributed by atoms with E-state index >= 15 is 0 Å². The highest BCUT2D eigenvalue weighted by atomic mass is 32.2. The van der Waals surface area contributed by atoms with Crippen molar-refractivity contribution >= 4 is 40.2 Å². The van der Waals surface area contributed by atoms with Gasteiger partial charge in [0.25, 0.3) is 0 Å². The molecule has 0 radical (unpaired) electrons. The zero-order valence-corrected chi connectivity index (χ0v) is 19.5. The highest BCUT2D eigenvalue weighted by Gasteiger charge is 2.21. The quantitative estimate of drug-likeness (QED) is 0.514. The Morgan fingerprint density at radius 2 is 2.12 bits per heavy atom. The van der Waals surface area contributed by atoms with E-state index in [1.165, 1.54) is 18.5 Å². The lowest BCUT2D eigenvalue weighted by molar-refractivity contribution is -0.113. The second-order valence-electron chi connectivity index (χ2n) is 8.46. The van der Waals surface area contributed by atoms with Crippen LogP contribution in [-0.4, -0.2) is 53.4 Å². The van der Waals surface area contributed by atoms with E-state index in [1.807, 2.05) is 24.4 Å². The van der Waals surface area contributed by atoms with E-state index in [1.54, 1.807) is 25.1 Å². The van der Waals surface area contributed by atoms with Gasteiger partial charge in [0.1, 0.15) is 11.6 Å². The fourth-order valence-corrected chi connectivity index (χ4v) is 5.23. The van der Waals surface area contributed by atoms with E-state index in [4.69, 9.17) is 4.74 Å². The minimum Gasteiger partial charge on any atom is -0.495 e. The molecule has 9 heteroatoms. The molecule has 0 atom stereocenters. The van der Waals surface area contributed by atoms with Gasteiger partial charge in [-0.05, 0) is 56.0 Å². The number of rotatable bonds is 7. The lowest BCUT2D eigenvalue weighted by Gasteiger charge is -2.34. The van der Waals surface area contributed by atoms with Crippen molar-refractivity contribution in [1.29, 1.82) is 0 Å². The van der Waals surface area contributed by atoms with E-state index in [0.717, 1.165) is 53.4 Å². The van der Waals surface area contributed by atoms with Gasteiger partial charge >= 0.3 is 0 Å². The smallest absolute Gasteiger partial charge is 0.235 e. The summed E-state index contributed by atoms with van der Waals surface area (Å²) in [6, 6.07) is 8.20. The largest absolute Gasteiger partial charge is 0.495 e. The maximum Gasteiger partial charge on any atom is 0.235 e. The third-order valence-electron chi connectivity index (χ3n) is 6.31. The highest BCUT2D eigenvalue weighted by molar-refractivity contribution is 8.00. The van der Waals surface area contributed by atoms with Crippen molar-refractivity contribution in [2.24, 2.45) is 5.92 Å². The number of methoxy groups -OCH3 is 1. The van der Waals surface area contributed by atoms with Crippen molar-refractivity contribution in [2.45, 2.75) is 30.7 Å². The van der Waals surface area contributed by atoms with Gasteiger partial charge in [-0.2, -0.15) is 0 Å². The van der Waals surface area contributed by atoms with Gasteiger partial charge < -0.3 is 20.3 Å². The van der Waals surface area contributed by atoms with Gasteiger partial charge in [0, 0.05) is 36.9 Å². The number of ether oxygens (including phenoxy) is 1. The molecule has 5 heterocycles. The van der Waals surface area contributed by atoms with Crippen LogP contribution in [0.15, 0.2) is 41.6 Å². The summed E-state index contributed by atoms with van der Waals surface area (Å²) < 4.78 is 5.36. The van der Waals surface area contributed by atoms with Crippen LogP contribution in [0.2, 0.25) is 0 Å². The number of hydrogen-bond acceptors (Lipinski definition) is 8. The molecule has 33 heavy (non-hydrogen) atoms. The van der Waals surface area contributed by atoms with Gasteiger partial charge in [-0.3, -0.25) is 4.79 Å². The fraction of sp³-hybridized carbons (Fsp3) is 0.417. The van der Waals surface area contributed by atoms with Gasteiger partial charge in [-0.1, -0.05) is 0 Å². The second-order valence-corrected chi connectivity index (χ2v) is 9.48. The molecule has 0 unspecified atom stereocenters. The molecule has 5 rings (SSSR count). The first-order valence-electron chi connectivity index (χ1n) is 11.4. The first-order chi connectivity index (χ1) is 16.2. The molecule has 2 aliphatic rings. The van der Waals surface area contributed by atoms with E-state index < -0.39 is 0 Å². The lowest BCUT2D eigenvalue weighted by atomic mass is 9.93. The molecular weight excluding hydrogens is 436 g/mol. The van der Waals surface area contributed by atoms with Gasteiger partial charge in [-0.15, -0.1) is 11.8 Å². The number of hydrogen-bond donors (Lipinski definition) is 2. The molecule has 1 amide bonds. The van der Waals surface area contributed by atoms with Crippen molar-refractivity contribution in [3.05, 3.63) is 42.4 Å². The van der Waals surface area contributed by atoms with Crippen LogP contribution in [0.5, 0.6) is 5.75 Å². The molecule has 0 aromatic carbocycles. The first kappa shape index (κ1) is 21.9. The Balaban J connectivity index is 1.11. The highest BCUT2D eigenvalue weighted by Crippen LogP contribution is 2.32. The number of piperidine rings is 1. The molecule has 2 aliphatic heterocycles. The van der Waals surface area contributed by atoms with E-state index in [0.29, 0.717) is 24.0 Å². The monoisotopic (exact) mass is 464 g/mol. The van der Waals surface area contributed by atoms with Gasteiger partial charge in [0.2, 0.25) is 5.91 Å². The van der Waals surface area contributed by atoms with Crippen molar-refractivity contribution < 1.29 is 9.53 Å². The molecule has 0 spiro atoms. The Labute approximate surface area is 197 Å². The standard InChI is InChI=1S/C24H28N6O2S/c1-32-18-12-19-20(5-9-26-23(19)27-14-18)30-10-6-16(7-11-30)4-8-25-13-17-2-3-21-24(28-17)29-22(31)15-33-21/h2-3,5,9,12,14,16,25H,4,6-8,10-11,13,15H2,1H3,(H,28,29,31). The summed E-state index contributed by atoms with van der Waals surface area (Å²) in [6.45, 7) is 3.74. The van der Waals surface area contributed by atoms with Gasteiger partial charge in [0.05, 0.1) is 29.6 Å². The Bertz CT molecular complexity index is 1150. The summed E-state index contributed by atoms with van der Waals surface area (Å²) in [5.74, 6) is 2.65. The van der Waals surface area contributed by atoms with Gasteiger partial charge in [-0.25, -0.2) is 15.0 Å². The second kappa shape index (κ2) is 9.93. The van der Waals surface area contributed by atoms with E-state index in [9.17, 15) is 4.79 Å². The molecule has 0 bridgehead atoms. The van der Waals surface area contributed by atoms with Crippen molar-refractivity contribution in [2.75, 3.05) is 42.7 Å². The number of carbonyl (C=O) groups is 1. The van der Waals surface area contributed by atoms with Crippen molar-refractivity contribution in [3.8, 4) is 5.75 Å². The molecule has 172 valence electrons. The minimum absolute atomic E-state index is 0.0200. The predicted octanol–water partition coefficient (Wildman–Crippen LogP) is 3.47. The molecule has 1 fully saturated rings. The predicted molar refractivity (Wildman–Crippen MR) is 131 cm³/mol. The Kier molecular flexibility index (Phi) is 6.59. The number of nitrogens with zero attached hydrogens (tertiary/aromatic N) is 4. The van der Waals surface area contributed by atoms with Crippen LogP contribution < -0.4 is 20.3 Å². The van der Waals surface area contributed by atoms with Crippen molar-refractivity contribution in [3.63, 3.8) is 0 Å². The molecule has 0 aliphatic carbocycles. The van der Waals surface area contributed by atoms with Crippen LogP contribution >= 0.6 is 11.8 Å². The van der Waals surface area contributed by atoms with Crippen LogP contribution in [0.4, 0.5) is 11.5 Å². The molecular formula is C24H28N6O2S. The summed E-state index contributed by atoms with van der Waals surface area (Å²) in [5.41, 5.74) is 2.90. The number of pyridine rings is 3. The van der Waals surface area contributed by atoms with Crippen LogP contribution in [0.3, 0.4) is 0 Å². The summed E-state index contributed by atoms with van der Waals surface area (Å²) >= 11 is 1.54. The van der Waals surface area contributed by atoms with E-state index in [-0.39, 0.29) is 5.91 Å². The fourth-order valence-electron chi connectivity index (χ4n) is 4.47. The third-order valence-corrected chi connectivity index (χ3v) is 7.35. The van der Waals surface area contributed by atoms with Gasteiger partial charge in [0.15, 0.2) is 5.65 Å². The first-order valence-corrected chi connectivity index (χ1v) is 12.3. The summed E-state index contributed by atoms with van der Waals surface area (Å²) in [4.78, 5) is 28.5. The summed E-state index contributed by atoms with van der Waals surface area (Å²) in [5, 5.41) is 7.43. The molecule has 0 saturated carbocycles. The average Bonchev–Trinajstić information content (AvgIpc) is 2.86. The number of amides is 1. The van der Waals surface area contributed by atoms with E-state index in [2.05, 4.69) is 36.6 Å². The molecule has 8 nitrogen and oxygen atoms in total. The molecule has 2 N–H and O–H groups in total. The average molecular weight is 465 g/mol. The third kappa shape index (κ3) is 5.04. The van der Waals surface area contributed by atoms with Crippen molar-refractivity contribution in [1.82, 2.24) is 20.3 Å². The number of aromatic nitrogens is 3. The Morgan fingerprint density at radius 3 is 2.97 bits per heavy atom. The van der Waals surface area contributed by atoms with Crippen LogP contribution in [0.25, 0.3) is 11.0 Å². The maximum atomic E-state index is 11.6. The van der Waals surface area contributed by atoms with Crippen LogP contribution in [0.1, 0.15) is 25.0 Å². The minimum atomic E-state index is 0.0200. The summed E-state index contributed by atoms with van der Waals surface area (Å²) in [6.07, 6.45) is 7.05. The van der Waals surface area contributed by atoms with Crippen LogP contribution in [-0.2, 0) is 11.3 Å². The Hall–Kier alpha value is -2.91. The number of thioether (sulfide) groups is 1. The number of fused-ring (bicyclic) bond motifs is 2. The van der Waals surface area contributed by atoms with Crippen LogP contribution in [0, 0.1) is 5.92 Å². The Morgan fingerprint density at radius 1 is 1.24 bits per heavy atom. The maximum absolute atomic E-state index is 11.6. The zero-order chi connectivity index (χ0) is 22.6. The normalized spacial score (nSPS) is 16.5. The molecule has 3 aromatic heterocycles. The topological polar surface area (TPSA) is 92.3 Å². The zero-order valence-electron chi connectivity index (χ0n) is 18.7. The SMILES string of the molecule is COc1cnc2nccc(N3CCC(CCNCc4ccc5c(n4)NC(=O)CS5)CC3)c2c1. The number of carbonyl (C=O) groups excluding carboxylic acids is 1. The number of anilines is 2. The number of nitrogens with one attached hydrogen (secondary N) is 2. The lowest BCUT2D eigenvalue weighted by Crippen LogP contribution is -2.34. The molecule has 1 saturated heterocycles. The molecule has 3 aromatic rings. The summed E-state index contributed by atoms with van der Waals surface area (Å²) in [7, 11) is 1.66.